The van der Waals surface area contributed by atoms with Crippen molar-refractivity contribution in [2.75, 3.05) is 0 Å². The molecule has 0 radical (unpaired) electrons. The molecule has 0 fully saturated rings. The number of rotatable bonds is 15. The molecule has 30 aromatic rings. The van der Waals surface area contributed by atoms with Crippen LogP contribution in [-0.4, -0.2) is 72.3 Å². The van der Waals surface area contributed by atoms with Gasteiger partial charge in [0.25, 0.3) is 0 Å². The summed E-state index contributed by atoms with van der Waals surface area (Å²) in [5.74, 6) is 3.80. The zero-order valence-corrected chi connectivity index (χ0v) is 79.8. The Morgan fingerprint density at radius 1 is 0.140 bits per heavy atom. The van der Waals surface area contributed by atoms with Crippen LogP contribution in [0.1, 0.15) is 20.6 Å². The third kappa shape index (κ3) is 15.1. The Labute approximate surface area is 882 Å². The summed E-state index contributed by atoms with van der Waals surface area (Å²) in [5.41, 5.74) is 21.4. The molecule has 702 valence electrons. The Morgan fingerprint density at radius 2 is 0.367 bits per heavy atom. The average Bonchev–Trinajstić information content (AvgIpc) is 1.55. The summed E-state index contributed by atoms with van der Waals surface area (Å²) >= 11 is 0. The number of nitrogens with zero attached hydrogens (tertiary/aromatic N) is 15. The Morgan fingerprint density at radius 3 is 0.700 bits per heavy atom. The highest BCUT2D eigenvalue weighted by Gasteiger charge is 2.29. The first-order chi connectivity index (χ1) is 80.7. The van der Waals surface area contributed by atoms with Gasteiger partial charge in [0.1, 0.15) is 0 Å². The molecule has 15 heteroatoms. The van der Waals surface area contributed by atoms with Gasteiger partial charge >= 0.3 is 0 Å². The van der Waals surface area contributed by atoms with E-state index in [1.807, 2.05) is 164 Å². The van der Waals surface area contributed by atoms with Crippen LogP contribution in [0.15, 0.2) is 527 Å². The van der Waals surface area contributed by atoms with Crippen LogP contribution in [0.3, 0.4) is 0 Å². The highest BCUT2D eigenvalue weighted by atomic mass is 15.2. The predicted molar refractivity (Wildman–Crippen MR) is 614 cm³/mol. The third-order valence-corrected chi connectivity index (χ3v) is 27.8. The first-order valence-electron chi connectivity index (χ1n) is 56.7. The predicted octanol–water partition coefficient (Wildman–Crippen LogP) is 33.2. The molecule has 15 nitrogen and oxygen atoms in total. The smallest absolute Gasteiger partial charge is 0.238 e. The largest absolute Gasteiger partial charge is 0.309 e. The minimum atomic E-state index is -0.447. The third-order valence-electron chi connectivity index (χ3n) is 27.8. The lowest BCUT2D eigenvalue weighted by Gasteiger charge is -2.13. The lowest BCUT2D eigenvalue weighted by Crippen LogP contribution is -2.06. The second-order valence-electron chi connectivity index (χ2n) is 36.3. The lowest BCUT2D eigenvalue weighted by molar-refractivity contribution is 0.953. The van der Waals surface area contributed by atoms with Crippen molar-refractivity contribution in [3.05, 3.63) is 527 Å². The minimum Gasteiger partial charge on any atom is -0.309 e. The Bertz CT molecular complexity index is 11400. The van der Waals surface area contributed by atoms with Crippen LogP contribution in [-0.2, 0) is 0 Å². The maximum absolute atomic E-state index is 8.79. The molecule has 0 bridgehead atoms. The maximum atomic E-state index is 8.79. The molecule has 0 saturated carbocycles. The molecule has 9 aromatic heterocycles. The van der Waals surface area contributed by atoms with Gasteiger partial charge in [0, 0.05) is 115 Å². The molecule has 150 heavy (non-hydrogen) atoms. The number of benzene rings is 21. The van der Waals surface area contributed by atoms with Crippen LogP contribution in [0.5, 0.6) is 0 Å². The number of para-hydroxylation sites is 9. The topological polar surface area (TPSA) is 146 Å². The van der Waals surface area contributed by atoms with E-state index in [1.165, 1.54) is 0 Å². The van der Waals surface area contributed by atoms with Gasteiger partial charge in [-0.05, 0) is 149 Å². The van der Waals surface area contributed by atoms with Crippen LogP contribution in [0.25, 0.3) is 267 Å². The second kappa shape index (κ2) is 37.0. The van der Waals surface area contributed by atoms with E-state index in [0.29, 0.717) is 86.2 Å². The van der Waals surface area contributed by atoms with E-state index in [9.17, 15) is 0 Å². The van der Waals surface area contributed by atoms with Gasteiger partial charge < -0.3 is 13.7 Å². The van der Waals surface area contributed by atoms with Gasteiger partial charge in [-0.1, -0.05) is 412 Å². The summed E-state index contributed by atoms with van der Waals surface area (Å²) in [6.07, 6.45) is 0. The molecule has 0 N–H and O–H groups in total. The molecule has 30 rings (SSSR count). The quantitative estimate of drug-likeness (QED) is 0.0979. The van der Waals surface area contributed by atoms with Crippen LogP contribution >= 0.6 is 0 Å². The molecule has 0 atom stereocenters. The fourth-order valence-corrected chi connectivity index (χ4v) is 21.4. The molecule has 21 aromatic carbocycles. The normalized spacial score (nSPS) is 13.0. The van der Waals surface area contributed by atoms with E-state index in [0.717, 1.165) is 165 Å². The molecule has 0 unspecified atom stereocenters. The van der Waals surface area contributed by atoms with E-state index in [4.69, 9.17) is 65.4 Å². The van der Waals surface area contributed by atoms with E-state index >= 15 is 0 Å². The lowest BCUT2D eigenvalue weighted by atomic mass is 9.99. The van der Waals surface area contributed by atoms with Crippen molar-refractivity contribution >= 4 is 131 Å². The fraction of sp³-hybridized carbons (Fsp3) is 0. The monoisotopic (exact) mass is 1930 g/mol. The van der Waals surface area contributed by atoms with Crippen molar-refractivity contribution < 1.29 is 20.6 Å². The van der Waals surface area contributed by atoms with Crippen molar-refractivity contribution in [3.8, 4) is 137 Å². The number of hydrogen-bond donors (Lipinski definition) is 0. The van der Waals surface area contributed by atoms with Gasteiger partial charge in [0.15, 0.2) is 34.9 Å². The zero-order chi connectivity index (χ0) is 112. The first kappa shape index (κ1) is 72.7. The summed E-state index contributed by atoms with van der Waals surface area (Å²) < 4.78 is 139. The van der Waals surface area contributed by atoms with E-state index in [1.54, 1.807) is 42.5 Å². The highest BCUT2D eigenvalue weighted by Crippen LogP contribution is 2.48. The van der Waals surface area contributed by atoms with E-state index < -0.39 is 30.2 Å². The Hall–Kier alpha value is -20.6. The van der Waals surface area contributed by atoms with Gasteiger partial charge in [0.05, 0.1) is 86.8 Å². The average molecular weight is 1930 g/mol. The second-order valence-corrected chi connectivity index (χ2v) is 36.3. The molecular weight excluding hydrogens is 1830 g/mol. The zero-order valence-electron chi connectivity index (χ0n) is 94.8. The Kier molecular flexibility index (Phi) is 17.9. The molecule has 9 heterocycles. The molecule has 0 spiro atoms. The van der Waals surface area contributed by atoms with Gasteiger partial charge in [-0.25, -0.2) is 15.0 Å². The standard InChI is InChI=1S/3C45H29N5/c1-4-15-30(16-5-1)32-19-14-20-33(29-32)44-46-43(31-17-6-2-7-18-31)47-45(48-44)50-38-26-13-11-24-36(38)42-40(50)28-27-39-41(42)35-23-10-12-25-37(35)49(39)34-21-8-3-9-22-34;1-4-14-30(15-5-1)31-24-26-33(27-25-31)44-46-43(32-16-6-2-7-17-32)47-45(48-44)50-38-23-13-11-21-36(38)42-40(50)29-28-39-41(42)35-20-10-12-22-37(35)49(39)34-18-8-3-9-19-34;1-4-16-30(17-5-1)33-22-10-11-23-34(33)44-46-43(31-18-6-2-7-19-31)47-45(48-44)50-38-27-15-13-25-36(38)42-40(50)29-28-39-41(42)35-24-12-14-26-37(35)49(39)32-20-8-3-9-21-32/h3*1-29H/i1D,4D,5D,15D,16D;1D,4D,5D,14D,15D;1D,4D,5D,16D,17D. The van der Waals surface area contributed by atoms with Crippen LogP contribution < -0.4 is 0 Å². The first-order valence-corrected chi connectivity index (χ1v) is 49.2. The molecule has 0 aliphatic carbocycles. The van der Waals surface area contributed by atoms with Gasteiger partial charge in [-0.2, -0.15) is 29.9 Å². The molecule has 0 amide bonds. The SMILES string of the molecule is [2H]c1c([2H])c([2H])c(-c2ccc(-c3nc(-c4ccccc4)nc(-n4c5ccccc5c5c6c7ccccc7n(-c7ccccc7)c6ccc54)n3)cc2)c([2H])c1[2H].[2H]c1c([2H])c([2H])c(-c2cccc(-c3nc(-c4ccccc4)nc(-n4c5ccccc5c5c6c7ccccc7n(-c7ccccc7)c6ccc54)n3)c2)c([2H])c1[2H].[2H]c1c([2H])c([2H])c(-c2ccccc2-c2nc(-c3ccccc3)nc(-n3c4ccccc4c4c5c6ccccc6n(-c6ccccc6)c5ccc43)n2)c([2H])c1[2H]. The molecule has 0 aliphatic rings. The van der Waals surface area contributed by atoms with E-state index in [-0.39, 0.29) is 77.1 Å². The fourth-order valence-electron chi connectivity index (χ4n) is 21.4. The van der Waals surface area contributed by atoms with Crippen molar-refractivity contribution in [3.63, 3.8) is 0 Å². The van der Waals surface area contributed by atoms with Gasteiger partial charge in [-0.3, -0.25) is 13.7 Å². The maximum Gasteiger partial charge on any atom is 0.238 e. The van der Waals surface area contributed by atoms with E-state index in [2.05, 4.69) is 258 Å². The van der Waals surface area contributed by atoms with Crippen LogP contribution in [0.4, 0.5) is 0 Å². The number of hydrogen-bond acceptors (Lipinski definition) is 9. The van der Waals surface area contributed by atoms with Crippen molar-refractivity contribution in [2.45, 2.75) is 0 Å². The summed E-state index contributed by atoms with van der Waals surface area (Å²) in [6.45, 7) is 0. The molecule has 0 aliphatic heterocycles. The summed E-state index contributed by atoms with van der Waals surface area (Å²) in [5, 5.41) is 13.3. The number of fused-ring (bicyclic) bond motifs is 21. The van der Waals surface area contributed by atoms with Crippen LogP contribution in [0, 0.1) is 0 Å². The minimum absolute atomic E-state index is 0.0823. The van der Waals surface area contributed by atoms with Gasteiger partial charge in [-0.15, -0.1) is 0 Å². The van der Waals surface area contributed by atoms with Crippen molar-refractivity contribution in [1.82, 2.24) is 72.3 Å². The number of aromatic nitrogens is 15. The van der Waals surface area contributed by atoms with Crippen molar-refractivity contribution in [1.29, 1.82) is 0 Å². The van der Waals surface area contributed by atoms with Crippen molar-refractivity contribution in [2.24, 2.45) is 0 Å². The molecule has 0 saturated heterocycles. The molecular formula is C135H87N15. The Balaban J connectivity index is 0.000000116. The summed E-state index contributed by atoms with van der Waals surface area (Å²) in [6, 6.07) is 140. The summed E-state index contributed by atoms with van der Waals surface area (Å²) in [4.78, 5) is 45.7. The van der Waals surface area contributed by atoms with Gasteiger partial charge in [0.2, 0.25) is 17.8 Å². The van der Waals surface area contributed by atoms with Crippen LogP contribution in [0.2, 0.25) is 0 Å². The highest BCUT2D eigenvalue weighted by molar-refractivity contribution is 6.32. The summed E-state index contributed by atoms with van der Waals surface area (Å²) in [7, 11) is 0.